The second kappa shape index (κ2) is 5.10. The summed E-state index contributed by atoms with van der Waals surface area (Å²) in [5.41, 5.74) is 0.264. The number of hydrogen-bond donors (Lipinski definition) is 1. The molecule has 5 nitrogen and oxygen atoms in total. The Morgan fingerprint density at radius 1 is 1.40 bits per heavy atom. The van der Waals surface area contributed by atoms with Crippen molar-refractivity contribution in [2.75, 3.05) is 18.0 Å². The lowest BCUT2D eigenvalue weighted by Gasteiger charge is -2.20. The van der Waals surface area contributed by atoms with Crippen molar-refractivity contribution in [2.24, 2.45) is 11.8 Å². The van der Waals surface area contributed by atoms with Crippen LogP contribution < -0.4 is 4.90 Å². The second-order valence-electron chi connectivity index (χ2n) is 5.49. The van der Waals surface area contributed by atoms with Crippen molar-refractivity contribution in [3.05, 3.63) is 31.6 Å². The summed E-state index contributed by atoms with van der Waals surface area (Å²) in [5, 5.41) is 21.1. The number of nitrogens with zero attached hydrogens (tertiary/aromatic N) is 2. The van der Waals surface area contributed by atoms with Crippen LogP contribution in [0.1, 0.15) is 12.8 Å². The third kappa shape index (κ3) is 2.26. The van der Waals surface area contributed by atoms with Crippen molar-refractivity contribution >= 4 is 34.0 Å². The van der Waals surface area contributed by atoms with Crippen LogP contribution in [0.3, 0.4) is 0 Å². The van der Waals surface area contributed by atoms with E-state index in [1.54, 1.807) is 22.6 Å². The van der Waals surface area contributed by atoms with Gasteiger partial charge < -0.3 is 10.0 Å². The van der Waals surface area contributed by atoms with Gasteiger partial charge in [-0.15, -0.1) is 0 Å². The van der Waals surface area contributed by atoms with E-state index < -0.39 is 10.7 Å². The van der Waals surface area contributed by atoms with Crippen LogP contribution in [0.25, 0.3) is 0 Å². The molecule has 1 saturated heterocycles. The number of aliphatic hydroxyl groups is 1. The minimum Gasteiger partial charge on any atom is -0.393 e. The van der Waals surface area contributed by atoms with E-state index in [9.17, 15) is 19.6 Å². The summed E-state index contributed by atoms with van der Waals surface area (Å²) in [6.07, 6.45) is 1.40. The third-order valence-corrected chi connectivity index (χ3v) is 5.20. The number of benzene rings is 1. The molecule has 7 heteroatoms. The standard InChI is InChI=1S/C13H14FIN2O3/c14-9-3-11(12(17(19)20)4-10(9)15)16-5-7-1-2-13(18)8(7)6-16/h3-4,7-8,13,18H,1-2,5-6H2. The topological polar surface area (TPSA) is 66.6 Å². The monoisotopic (exact) mass is 392 g/mol. The summed E-state index contributed by atoms with van der Waals surface area (Å²) in [7, 11) is 0. The lowest BCUT2D eigenvalue weighted by Crippen LogP contribution is -2.25. The molecule has 0 amide bonds. The van der Waals surface area contributed by atoms with Gasteiger partial charge in [-0.2, -0.15) is 0 Å². The van der Waals surface area contributed by atoms with Gasteiger partial charge in [0.05, 0.1) is 14.6 Å². The van der Waals surface area contributed by atoms with Crippen LogP contribution in [-0.4, -0.2) is 29.2 Å². The molecule has 1 aromatic rings. The zero-order chi connectivity index (χ0) is 14.4. The molecule has 0 bridgehead atoms. The van der Waals surface area contributed by atoms with Gasteiger partial charge in [0.25, 0.3) is 5.69 Å². The molecule has 3 atom stereocenters. The van der Waals surface area contributed by atoms with Crippen molar-refractivity contribution < 1.29 is 14.4 Å². The quantitative estimate of drug-likeness (QED) is 0.477. The zero-order valence-corrected chi connectivity index (χ0v) is 12.8. The minimum atomic E-state index is -0.471. The minimum absolute atomic E-state index is 0.0646. The summed E-state index contributed by atoms with van der Waals surface area (Å²) < 4.78 is 14.0. The fourth-order valence-electron chi connectivity index (χ4n) is 3.36. The number of halogens is 2. The molecular weight excluding hydrogens is 378 g/mol. The van der Waals surface area contributed by atoms with Gasteiger partial charge in [-0.3, -0.25) is 10.1 Å². The zero-order valence-electron chi connectivity index (χ0n) is 10.6. The molecule has 2 fully saturated rings. The van der Waals surface area contributed by atoms with Crippen molar-refractivity contribution in [1.82, 2.24) is 0 Å². The average molecular weight is 392 g/mol. The Balaban J connectivity index is 1.95. The Hall–Kier alpha value is -0.960. The van der Waals surface area contributed by atoms with Gasteiger partial charge in [-0.25, -0.2) is 4.39 Å². The summed E-state index contributed by atoms with van der Waals surface area (Å²) >= 11 is 1.76. The summed E-state index contributed by atoms with van der Waals surface area (Å²) in [6.45, 7) is 1.22. The van der Waals surface area contributed by atoms with Crippen LogP contribution in [0.15, 0.2) is 12.1 Å². The Bertz CT molecular complexity index is 569. The summed E-state index contributed by atoms with van der Waals surface area (Å²) in [6, 6.07) is 2.52. The van der Waals surface area contributed by atoms with Gasteiger partial charge >= 0.3 is 0 Å². The predicted molar refractivity (Wildman–Crippen MR) is 80.2 cm³/mol. The first kappa shape index (κ1) is 14.0. The molecule has 1 heterocycles. The summed E-state index contributed by atoms with van der Waals surface area (Å²) in [4.78, 5) is 12.5. The van der Waals surface area contributed by atoms with E-state index in [-0.39, 0.29) is 21.3 Å². The van der Waals surface area contributed by atoms with Crippen LogP contribution in [0.5, 0.6) is 0 Å². The van der Waals surface area contributed by atoms with Gasteiger partial charge in [0.2, 0.25) is 0 Å². The molecule has 1 aliphatic heterocycles. The van der Waals surface area contributed by atoms with E-state index in [0.717, 1.165) is 12.8 Å². The van der Waals surface area contributed by atoms with Gasteiger partial charge in [-0.05, 0) is 41.4 Å². The third-order valence-electron chi connectivity index (χ3n) is 4.37. The molecule has 108 valence electrons. The van der Waals surface area contributed by atoms with E-state index in [1.165, 1.54) is 12.1 Å². The molecule has 0 radical (unpaired) electrons. The van der Waals surface area contributed by atoms with Crippen LogP contribution >= 0.6 is 22.6 Å². The van der Waals surface area contributed by atoms with E-state index in [0.29, 0.717) is 24.7 Å². The normalized spacial score (nSPS) is 28.8. The van der Waals surface area contributed by atoms with Crippen LogP contribution in [0.2, 0.25) is 0 Å². The fraction of sp³-hybridized carbons (Fsp3) is 0.538. The second-order valence-corrected chi connectivity index (χ2v) is 6.65. The molecule has 1 N–H and O–H groups in total. The van der Waals surface area contributed by atoms with Crippen molar-refractivity contribution in [2.45, 2.75) is 18.9 Å². The highest BCUT2D eigenvalue weighted by Crippen LogP contribution is 2.42. The van der Waals surface area contributed by atoms with Crippen LogP contribution in [-0.2, 0) is 0 Å². The Morgan fingerprint density at radius 3 is 2.80 bits per heavy atom. The molecule has 1 aromatic carbocycles. The first-order valence-corrected chi connectivity index (χ1v) is 7.61. The van der Waals surface area contributed by atoms with Crippen molar-refractivity contribution in [3.8, 4) is 0 Å². The van der Waals surface area contributed by atoms with Gasteiger partial charge in [-0.1, -0.05) is 0 Å². The van der Waals surface area contributed by atoms with E-state index in [4.69, 9.17) is 0 Å². The van der Waals surface area contributed by atoms with Gasteiger partial charge in [0.1, 0.15) is 11.5 Å². The number of hydrogen-bond acceptors (Lipinski definition) is 4. The Kier molecular flexibility index (Phi) is 3.57. The molecule has 3 rings (SSSR count). The molecule has 20 heavy (non-hydrogen) atoms. The molecule has 2 aliphatic rings. The Labute approximate surface area is 129 Å². The number of aliphatic hydroxyl groups excluding tert-OH is 1. The highest BCUT2D eigenvalue weighted by Gasteiger charge is 2.43. The predicted octanol–water partition coefficient (Wildman–Crippen LogP) is 2.55. The highest BCUT2D eigenvalue weighted by molar-refractivity contribution is 14.1. The van der Waals surface area contributed by atoms with Crippen LogP contribution in [0, 0.1) is 31.3 Å². The maximum atomic E-state index is 13.7. The highest BCUT2D eigenvalue weighted by atomic mass is 127. The molecule has 3 unspecified atom stereocenters. The van der Waals surface area contributed by atoms with Crippen molar-refractivity contribution in [3.63, 3.8) is 0 Å². The lowest BCUT2D eigenvalue weighted by molar-refractivity contribution is -0.384. The number of rotatable bonds is 2. The summed E-state index contributed by atoms with van der Waals surface area (Å²) in [5.74, 6) is 0.0627. The Morgan fingerprint density at radius 2 is 2.15 bits per heavy atom. The maximum absolute atomic E-state index is 13.7. The van der Waals surface area contributed by atoms with Gasteiger partial charge in [0, 0.05) is 31.1 Å². The molecule has 1 saturated carbocycles. The smallest absolute Gasteiger partial charge is 0.293 e. The first-order valence-electron chi connectivity index (χ1n) is 6.54. The average Bonchev–Trinajstić information content (AvgIpc) is 2.95. The SMILES string of the molecule is O=[N+]([O-])c1cc(I)c(F)cc1N1CC2CCC(O)C2C1. The first-order chi connectivity index (χ1) is 9.47. The largest absolute Gasteiger partial charge is 0.393 e. The molecule has 0 aromatic heterocycles. The van der Waals surface area contributed by atoms with Crippen LogP contribution in [0.4, 0.5) is 15.8 Å². The van der Waals surface area contributed by atoms with Crippen molar-refractivity contribution in [1.29, 1.82) is 0 Å². The van der Waals surface area contributed by atoms with Gasteiger partial charge in [0.15, 0.2) is 0 Å². The number of nitro benzene ring substituents is 1. The van der Waals surface area contributed by atoms with E-state index in [2.05, 4.69) is 0 Å². The maximum Gasteiger partial charge on any atom is 0.293 e. The number of anilines is 1. The number of fused-ring (bicyclic) bond motifs is 1. The van der Waals surface area contributed by atoms with E-state index in [1.807, 2.05) is 4.90 Å². The number of nitro groups is 1. The van der Waals surface area contributed by atoms with E-state index >= 15 is 0 Å². The molecule has 0 spiro atoms. The lowest BCUT2D eigenvalue weighted by atomic mass is 10.00. The molecule has 1 aliphatic carbocycles. The fourth-order valence-corrected chi connectivity index (χ4v) is 3.81. The molecular formula is C13H14FIN2O3.